The van der Waals surface area contributed by atoms with Crippen molar-refractivity contribution in [3.05, 3.63) is 60.3 Å². The fourth-order valence-electron chi connectivity index (χ4n) is 1.86. The Morgan fingerprint density at radius 3 is 2.27 bits per heavy atom. The summed E-state index contributed by atoms with van der Waals surface area (Å²) in [5, 5.41) is 3.47. The van der Waals surface area contributed by atoms with E-state index in [-0.39, 0.29) is 11.6 Å². The maximum Gasteiger partial charge on any atom is 0.453 e. The van der Waals surface area contributed by atoms with Crippen LogP contribution in [0.25, 0.3) is 17.2 Å². The van der Waals surface area contributed by atoms with Gasteiger partial charge < -0.3 is 0 Å². The van der Waals surface area contributed by atoms with Crippen LogP contribution >= 0.6 is 0 Å². The minimum atomic E-state index is -4.69. The van der Waals surface area contributed by atoms with Crippen molar-refractivity contribution in [1.82, 2.24) is 19.7 Å². The second-order valence-electron chi connectivity index (χ2n) is 4.36. The lowest BCUT2D eigenvalue weighted by Crippen LogP contribution is -2.09. The predicted molar refractivity (Wildman–Crippen MR) is 69.6 cm³/mol. The van der Waals surface area contributed by atoms with Crippen LogP contribution in [0.1, 0.15) is 5.82 Å². The number of benzene rings is 1. The average molecular weight is 308 g/mol. The maximum absolute atomic E-state index is 13.0. The number of halogens is 4. The molecular formula is C14H8F4N4. The zero-order valence-electron chi connectivity index (χ0n) is 10.9. The van der Waals surface area contributed by atoms with Crippen molar-refractivity contribution in [3.8, 4) is 17.2 Å². The summed E-state index contributed by atoms with van der Waals surface area (Å²) in [5.41, 5.74) is 0.301. The van der Waals surface area contributed by atoms with E-state index < -0.39 is 17.8 Å². The average Bonchev–Trinajstić information content (AvgIpc) is 2.94. The molecule has 1 aromatic carbocycles. The van der Waals surface area contributed by atoms with Crippen LogP contribution in [0.2, 0.25) is 0 Å². The molecule has 0 fully saturated rings. The molecule has 0 spiro atoms. The molecule has 0 amide bonds. The van der Waals surface area contributed by atoms with Gasteiger partial charge in [-0.25, -0.2) is 14.4 Å². The minimum Gasteiger partial charge on any atom is -0.237 e. The topological polar surface area (TPSA) is 43.6 Å². The smallest absolute Gasteiger partial charge is 0.237 e. The van der Waals surface area contributed by atoms with E-state index in [0.29, 0.717) is 5.56 Å². The third-order valence-electron chi connectivity index (χ3n) is 2.83. The van der Waals surface area contributed by atoms with Gasteiger partial charge in [0.05, 0.1) is 0 Å². The van der Waals surface area contributed by atoms with E-state index in [9.17, 15) is 17.6 Å². The van der Waals surface area contributed by atoms with E-state index >= 15 is 0 Å². The molecule has 0 aliphatic heterocycles. The Kier molecular flexibility index (Phi) is 3.36. The maximum atomic E-state index is 13.0. The van der Waals surface area contributed by atoms with Crippen molar-refractivity contribution in [3.63, 3.8) is 0 Å². The van der Waals surface area contributed by atoms with Gasteiger partial charge in [0, 0.05) is 11.8 Å². The second kappa shape index (κ2) is 5.21. The van der Waals surface area contributed by atoms with Crippen molar-refractivity contribution in [1.29, 1.82) is 0 Å². The van der Waals surface area contributed by atoms with E-state index in [0.717, 1.165) is 16.8 Å². The van der Waals surface area contributed by atoms with Crippen LogP contribution in [0.4, 0.5) is 17.6 Å². The Hall–Kier alpha value is -2.77. The van der Waals surface area contributed by atoms with E-state index in [1.165, 1.54) is 24.4 Å². The van der Waals surface area contributed by atoms with Crippen molar-refractivity contribution < 1.29 is 17.6 Å². The van der Waals surface area contributed by atoms with Gasteiger partial charge >= 0.3 is 6.18 Å². The van der Waals surface area contributed by atoms with Crippen LogP contribution in [0.3, 0.4) is 0 Å². The highest BCUT2D eigenvalue weighted by Gasteiger charge is 2.37. The normalized spacial score (nSPS) is 11.6. The summed E-state index contributed by atoms with van der Waals surface area (Å²) in [6, 6.07) is 9.69. The zero-order chi connectivity index (χ0) is 15.7. The first-order valence-corrected chi connectivity index (χ1v) is 6.17. The van der Waals surface area contributed by atoms with Gasteiger partial charge in [0.25, 0.3) is 5.82 Å². The van der Waals surface area contributed by atoms with Gasteiger partial charge in [0.15, 0.2) is 11.6 Å². The van der Waals surface area contributed by atoms with Gasteiger partial charge in [0.2, 0.25) is 0 Å². The van der Waals surface area contributed by atoms with E-state index in [4.69, 9.17) is 0 Å². The van der Waals surface area contributed by atoms with Crippen LogP contribution in [-0.4, -0.2) is 19.7 Å². The molecule has 2 heterocycles. The lowest BCUT2D eigenvalue weighted by atomic mass is 10.2. The molecule has 4 nitrogen and oxygen atoms in total. The predicted octanol–water partition coefficient (Wildman–Crippen LogP) is 3.49. The van der Waals surface area contributed by atoms with E-state index in [1.807, 2.05) is 0 Å². The fraction of sp³-hybridized carbons (Fsp3) is 0.0714. The summed E-state index contributed by atoms with van der Waals surface area (Å²) in [7, 11) is 0. The second-order valence-corrected chi connectivity index (χ2v) is 4.36. The van der Waals surface area contributed by atoms with Crippen molar-refractivity contribution in [2.75, 3.05) is 0 Å². The molecule has 8 heteroatoms. The first-order valence-electron chi connectivity index (χ1n) is 6.17. The van der Waals surface area contributed by atoms with Crippen LogP contribution in [0.15, 0.2) is 48.7 Å². The van der Waals surface area contributed by atoms with E-state index in [1.54, 1.807) is 12.1 Å². The van der Waals surface area contributed by atoms with Crippen LogP contribution in [0.5, 0.6) is 0 Å². The molecule has 0 bridgehead atoms. The summed E-state index contributed by atoms with van der Waals surface area (Å²) in [5.74, 6) is -1.66. The fourth-order valence-corrected chi connectivity index (χ4v) is 1.86. The van der Waals surface area contributed by atoms with Crippen LogP contribution < -0.4 is 0 Å². The Morgan fingerprint density at radius 1 is 0.955 bits per heavy atom. The Morgan fingerprint density at radius 2 is 1.68 bits per heavy atom. The quantitative estimate of drug-likeness (QED) is 0.681. The van der Waals surface area contributed by atoms with Gasteiger partial charge in [-0.2, -0.15) is 17.9 Å². The molecule has 0 aliphatic carbocycles. The molecule has 0 unspecified atom stereocenters. The number of alkyl halides is 3. The monoisotopic (exact) mass is 308 g/mol. The molecule has 3 aromatic rings. The van der Waals surface area contributed by atoms with Gasteiger partial charge in [-0.1, -0.05) is 6.07 Å². The molecule has 0 N–H and O–H groups in total. The number of rotatable bonds is 2. The lowest BCUT2D eigenvalue weighted by molar-refractivity contribution is -0.144. The van der Waals surface area contributed by atoms with Gasteiger partial charge in [-0.05, 0) is 36.4 Å². The SMILES string of the molecule is Fc1ccc(-c2nc(C(F)(F)F)nn2-c2ccccn2)cc1. The largest absolute Gasteiger partial charge is 0.453 e. The first-order chi connectivity index (χ1) is 10.4. The van der Waals surface area contributed by atoms with Crippen molar-refractivity contribution in [2.45, 2.75) is 6.18 Å². The molecule has 0 saturated heterocycles. The summed E-state index contributed by atoms with van der Waals surface area (Å²) < 4.78 is 52.5. The summed E-state index contributed by atoms with van der Waals surface area (Å²) in [4.78, 5) is 7.49. The van der Waals surface area contributed by atoms with Gasteiger partial charge in [-0.15, -0.1) is 5.10 Å². The molecule has 0 aliphatic rings. The lowest BCUT2D eigenvalue weighted by Gasteiger charge is -2.04. The summed E-state index contributed by atoms with van der Waals surface area (Å²) >= 11 is 0. The van der Waals surface area contributed by atoms with Crippen LogP contribution in [0, 0.1) is 5.82 Å². The summed E-state index contributed by atoms with van der Waals surface area (Å²) in [6.07, 6.45) is -3.26. The number of hydrogen-bond donors (Lipinski definition) is 0. The highest BCUT2D eigenvalue weighted by molar-refractivity contribution is 5.57. The molecule has 2 aromatic heterocycles. The molecule has 112 valence electrons. The standard InChI is InChI=1S/C14H8F4N4/c15-10-6-4-9(5-7-10)12-20-13(14(16,17)18)21-22(12)11-3-1-2-8-19-11/h1-8H. The molecule has 0 atom stereocenters. The van der Waals surface area contributed by atoms with Gasteiger partial charge in [0.1, 0.15) is 5.82 Å². The molecule has 0 saturated carbocycles. The highest BCUT2D eigenvalue weighted by Crippen LogP contribution is 2.30. The Balaban J connectivity index is 2.19. The summed E-state index contributed by atoms with van der Waals surface area (Å²) in [6.45, 7) is 0. The molecule has 0 radical (unpaired) electrons. The molecule has 22 heavy (non-hydrogen) atoms. The minimum absolute atomic E-state index is 0.0639. The number of aromatic nitrogens is 4. The molecule has 3 rings (SSSR count). The van der Waals surface area contributed by atoms with Crippen molar-refractivity contribution >= 4 is 0 Å². The Bertz CT molecular complexity index is 779. The Labute approximate surface area is 122 Å². The van der Waals surface area contributed by atoms with Crippen molar-refractivity contribution in [2.24, 2.45) is 0 Å². The van der Waals surface area contributed by atoms with E-state index in [2.05, 4.69) is 15.1 Å². The van der Waals surface area contributed by atoms with Crippen LogP contribution in [-0.2, 0) is 6.18 Å². The number of hydrogen-bond acceptors (Lipinski definition) is 3. The first kappa shape index (κ1) is 14.2. The highest BCUT2D eigenvalue weighted by atomic mass is 19.4. The number of pyridine rings is 1. The van der Waals surface area contributed by atoms with Gasteiger partial charge in [-0.3, -0.25) is 0 Å². The number of nitrogens with zero attached hydrogens (tertiary/aromatic N) is 4. The molecular weight excluding hydrogens is 300 g/mol. The third kappa shape index (κ3) is 2.67. The zero-order valence-corrected chi connectivity index (χ0v) is 10.9. The third-order valence-corrected chi connectivity index (χ3v) is 2.83.